The largest absolute Gasteiger partial charge is 0.497 e. The third-order valence-electron chi connectivity index (χ3n) is 3.80. The number of methoxy groups -OCH3 is 1. The van der Waals surface area contributed by atoms with Crippen molar-refractivity contribution < 1.29 is 9.53 Å². The number of amides is 1. The summed E-state index contributed by atoms with van der Waals surface area (Å²) >= 11 is 0. The molecule has 2 rings (SSSR count). The van der Waals surface area contributed by atoms with E-state index in [9.17, 15) is 4.79 Å². The summed E-state index contributed by atoms with van der Waals surface area (Å²) in [5.41, 5.74) is 2.80. The first kappa shape index (κ1) is 22.8. The second-order valence-corrected chi connectivity index (χ2v) is 5.68. The summed E-state index contributed by atoms with van der Waals surface area (Å²) in [5, 5.41) is 9.16. The molecule has 0 saturated carbocycles. The summed E-state index contributed by atoms with van der Waals surface area (Å²) in [6.45, 7) is 3.99. The molecular weight excluding hydrogens is 455 g/mol. The van der Waals surface area contributed by atoms with E-state index in [1.165, 1.54) is 0 Å². The van der Waals surface area contributed by atoms with E-state index in [0.717, 1.165) is 29.4 Å². The molecule has 146 valence electrons. The SMILES string of the molecule is CCNC(=NCc1cccc(OC)c1)NCc1ccc(C(=O)NC)cc1.I. The minimum atomic E-state index is -0.0855. The number of halogens is 1. The number of carbonyl (C=O) groups excluding carboxylic acids is 1. The highest BCUT2D eigenvalue weighted by atomic mass is 127. The molecule has 0 aromatic heterocycles. The van der Waals surface area contributed by atoms with Crippen molar-refractivity contribution in [3.05, 3.63) is 65.2 Å². The normalized spacial score (nSPS) is 10.6. The number of benzene rings is 2. The molecular formula is C20H27IN4O2. The zero-order chi connectivity index (χ0) is 18.8. The van der Waals surface area contributed by atoms with Crippen molar-refractivity contribution >= 4 is 35.8 Å². The number of guanidine groups is 1. The van der Waals surface area contributed by atoms with Crippen LogP contribution in [0.15, 0.2) is 53.5 Å². The molecule has 0 aliphatic heterocycles. The lowest BCUT2D eigenvalue weighted by Crippen LogP contribution is -2.36. The van der Waals surface area contributed by atoms with Crippen LogP contribution in [-0.2, 0) is 13.1 Å². The molecule has 1 amide bonds. The van der Waals surface area contributed by atoms with Gasteiger partial charge >= 0.3 is 0 Å². The van der Waals surface area contributed by atoms with Crippen LogP contribution >= 0.6 is 24.0 Å². The number of hydrogen-bond acceptors (Lipinski definition) is 3. The van der Waals surface area contributed by atoms with Gasteiger partial charge < -0.3 is 20.7 Å². The van der Waals surface area contributed by atoms with Crippen LogP contribution in [0, 0.1) is 0 Å². The fourth-order valence-corrected chi connectivity index (χ4v) is 2.39. The Hall–Kier alpha value is -2.29. The molecule has 2 aromatic carbocycles. The van der Waals surface area contributed by atoms with Crippen LogP contribution in [0.4, 0.5) is 0 Å². The van der Waals surface area contributed by atoms with Gasteiger partial charge in [-0.05, 0) is 42.3 Å². The Balaban J connectivity index is 0.00000364. The highest BCUT2D eigenvalue weighted by Crippen LogP contribution is 2.13. The van der Waals surface area contributed by atoms with E-state index >= 15 is 0 Å². The van der Waals surface area contributed by atoms with Gasteiger partial charge in [0.1, 0.15) is 5.75 Å². The molecule has 3 N–H and O–H groups in total. The number of nitrogens with zero attached hydrogens (tertiary/aromatic N) is 1. The van der Waals surface area contributed by atoms with Gasteiger partial charge in [-0.15, -0.1) is 24.0 Å². The average Bonchev–Trinajstić information content (AvgIpc) is 2.70. The molecule has 0 radical (unpaired) electrons. The van der Waals surface area contributed by atoms with Gasteiger partial charge in [-0.2, -0.15) is 0 Å². The number of nitrogens with one attached hydrogen (secondary N) is 3. The number of hydrogen-bond donors (Lipinski definition) is 3. The molecule has 0 bridgehead atoms. The number of carbonyl (C=O) groups is 1. The van der Waals surface area contributed by atoms with Gasteiger partial charge in [0.15, 0.2) is 5.96 Å². The number of rotatable bonds is 7. The molecule has 0 saturated heterocycles. The molecule has 0 spiro atoms. The van der Waals surface area contributed by atoms with E-state index in [1.54, 1.807) is 14.2 Å². The average molecular weight is 482 g/mol. The number of ether oxygens (including phenoxy) is 1. The van der Waals surface area contributed by atoms with Crippen molar-refractivity contribution in [3.63, 3.8) is 0 Å². The summed E-state index contributed by atoms with van der Waals surface area (Å²) in [5.74, 6) is 1.48. The van der Waals surface area contributed by atoms with Crippen LogP contribution < -0.4 is 20.7 Å². The Morgan fingerprint density at radius 1 is 1.07 bits per heavy atom. The maximum absolute atomic E-state index is 11.6. The lowest BCUT2D eigenvalue weighted by atomic mass is 10.1. The van der Waals surface area contributed by atoms with Crippen molar-refractivity contribution in [2.45, 2.75) is 20.0 Å². The van der Waals surface area contributed by atoms with Crippen LogP contribution in [-0.4, -0.2) is 32.6 Å². The van der Waals surface area contributed by atoms with Crippen LogP contribution in [0.1, 0.15) is 28.4 Å². The number of aliphatic imine (C=N–C) groups is 1. The molecule has 7 heteroatoms. The topological polar surface area (TPSA) is 74.8 Å². The Morgan fingerprint density at radius 3 is 2.44 bits per heavy atom. The molecule has 0 heterocycles. The van der Waals surface area contributed by atoms with Crippen molar-refractivity contribution in [1.82, 2.24) is 16.0 Å². The van der Waals surface area contributed by atoms with E-state index < -0.39 is 0 Å². The lowest BCUT2D eigenvalue weighted by molar-refractivity contribution is 0.0963. The van der Waals surface area contributed by atoms with Crippen LogP contribution in [0.3, 0.4) is 0 Å². The van der Waals surface area contributed by atoms with E-state index in [0.29, 0.717) is 18.7 Å². The second kappa shape index (κ2) is 12.2. The van der Waals surface area contributed by atoms with Gasteiger partial charge in [0.2, 0.25) is 0 Å². The van der Waals surface area contributed by atoms with Gasteiger partial charge in [0, 0.05) is 25.7 Å². The predicted octanol–water partition coefficient (Wildman–Crippen LogP) is 2.93. The summed E-state index contributed by atoms with van der Waals surface area (Å²) in [7, 11) is 3.28. The molecule has 27 heavy (non-hydrogen) atoms. The van der Waals surface area contributed by atoms with E-state index in [-0.39, 0.29) is 29.9 Å². The molecule has 0 aliphatic rings. The Bertz CT molecular complexity index is 748. The first-order chi connectivity index (χ1) is 12.7. The van der Waals surface area contributed by atoms with Crippen molar-refractivity contribution in [2.24, 2.45) is 4.99 Å². The maximum Gasteiger partial charge on any atom is 0.251 e. The molecule has 6 nitrogen and oxygen atoms in total. The third-order valence-corrected chi connectivity index (χ3v) is 3.80. The van der Waals surface area contributed by atoms with Crippen molar-refractivity contribution in [3.8, 4) is 5.75 Å². The maximum atomic E-state index is 11.6. The highest BCUT2D eigenvalue weighted by molar-refractivity contribution is 14.0. The summed E-state index contributed by atoms with van der Waals surface area (Å²) in [6.07, 6.45) is 0. The standard InChI is InChI=1S/C20H26N4O2.HI/c1-4-22-20(24-14-16-6-5-7-18(12-16)26-3)23-13-15-8-10-17(11-9-15)19(25)21-2;/h5-12H,4,13-14H2,1-3H3,(H,21,25)(H2,22,23,24);1H. The Labute approximate surface area is 177 Å². The third kappa shape index (κ3) is 7.46. The smallest absolute Gasteiger partial charge is 0.251 e. The summed E-state index contributed by atoms with van der Waals surface area (Å²) in [6, 6.07) is 15.4. The molecule has 0 atom stereocenters. The fraction of sp³-hybridized carbons (Fsp3) is 0.300. The Kier molecular flexibility index (Phi) is 10.2. The molecule has 0 unspecified atom stereocenters. The minimum absolute atomic E-state index is 0. The summed E-state index contributed by atoms with van der Waals surface area (Å²) in [4.78, 5) is 16.2. The quantitative estimate of drug-likeness (QED) is 0.323. The zero-order valence-corrected chi connectivity index (χ0v) is 18.2. The van der Waals surface area contributed by atoms with E-state index in [4.69, 9.17) is 4.74 Å². The van der Waals surface area contributed by atoms with Gasteiger partial charge in [-0.1, -0.05) is 24.3 Å². The molecule has 2 aromatic rings. The van der Waals surface area contributed by atoms with Crippen LogP contribution in [0.25, 0.3) is 0 Å². The fourth-order valence-electron chi connectivity index (χ4n) is 2.39. The summed E-state index contributed by atoms with van der Waals surface area (Å²) < 4.78 is 5.24. The van der Waals surface area contributed by atoms with Crippen molar-refractivity contribution in [1.29, 1.82) is 0 Å². The highest BCUT2D eigenvalue weighted by Gasteiger charge is 2.03. The van der Waals surface area contributed by atoms with Gasteiger partial charge in [-0.3, -0.25) is 4.79 Å². The molecule has 0 aliphatic carbocycles. The second-order valence-electron chi connectivity index (χ2n) is 5.68. The first-order valence-electron chi connectivity index (χ1n) is 8.62. The molecule has 0 fully saturated rings. The first-order valence-corrected chi connectivity index (χ1v) is 8.62. The van der Waals surface area contributed by atoms with E-state index in [2.05, 4.69) is 20.9 Å². The lowest BCUT2D eigenvalue weighted by Gasteiger charge is -2.12. The zero-order valence-electron chi connectivity index (χ0n) is 15.9. The van der Waals surface area contributed by atoms with Crippen LogP contribution in [0.5, 0.6) is 5.75 Å². The Morgan fingerprint density at radius 2 is 1.81 bits per heavy atom. The van der Waals surface area contributed by atoms with Gasteiger partial charge in [0.25, 0.3) is 5.91 Å². The van der Waals surface area contributed by atoms with Gasteiger partial charge in [0.05, 0.1) is 13.7 Å². The van der Waals surface area contributed by atoms with Crippen LogP contribution in [0.2, 0.25) is 0 Å². The minimum Gasteiger partial charge on any atom is -0.497 e. The van der Waals surface area contributed by atoms with Gasteiger partial charge in [-0.25, -0.2) is 4.99 Å². The van der Waals surface area contributed by atoms with E-state index in [1.807, 2.05) is 55.5 Å². The predicted molar refractivity (Wildman–Crippen MR) is 120 cm³/mol. The van der Waals surface area contributed by atoms with Crippen molar-refractivity contribution in [2.75, 3.05) is 20.7 Å². The monoisotopic (exact) mass is 482 g/mol.